The van der Waals surface area contributed by atoms with Crippen molar-refractivity contribution >= 4 is 33.9 Å². The number of pyridine rings is 1. The van der Waals surface area contributed by atoms with Crippen LogP contribution in [0.15, 0.2) is 76.1 Å². The van der Waals surface area contributed by atoms with Gasteiger partial charge in [-0.1, -0.05) is 35.9 Å². The predicted molar refractivity (Wildman–Crippen MR) is 125 cm³/mol. The zero-order valence-corrected chi connectivity index (χ0v) is 17.8. The molecule has 0 saturated heterocycles. The van der Waals surface area contributed by atoms with E-state index in [1.807, 2.05) is 79.4 Å². The van der Waals surface area contributed by atoms with Crippen LogP contribution in [0.5, 0.6) is 0 Å². The topological polar surface area (TPSA) is 61.3 Å². The molecule has 6 heteroatoms. The van der Waals surface area contributed by atoms with Gasteiger partial charge in [-0.15, -0.1) is 0 Å². The summed E-state index contributed by atoms with van der Waals surface area (Å²) in [6, 6.07) is 19.7. The lowest BCUT2D eigenvalue weighted by Gasteiger charge is -2.25. The minimum Gasteiger partial charge on any atom is -0.467 e. The fourth-order valence-corrected chi connectivity index (χ4v) is 3.63. The summed E-state index contributed by atoms with van der Waals surface area (Å²) in [4.78, 5) is 17.7. The number of aromatic nitrogens is 1. The van der Waals surface area contributed by atoms with Gasteiger partial charge in [-0.25, -0.2) is 0 Å². The molecule has 0 radical (unpaired) electrons. The van der Waals surface area contributed by atoms with E-state index in [0.29, 0.717) is 23.8 Å². The van der Waals surface area contributed by atoms with Crippen LogP contribution in [0.1, 0.15) is 22.5 Å². The first-order valence-electron chi connectivity index (χ1n) is 9.76. The number of furan rings is 1. The summed E-state index contributed by atoms with van der Waals surface area (Å²) >= 11 is 5.68. The number of nitrogens with one attached hydrogen (secondary N) is 2. The van der Waals surface area contributed by atoms with Gasteiger partial charge in [0.05, 0.1) is 24.9 Å². The van der Waals surface area contributed by atoms with Gasteiger partial charge in [0.15, 0.2) is 5.11 Å². The van der Waals surface area contributed by atoms with Crippen molar-refractivity contribution in [1.29, 1.82) is 0 Å². The average molecular weight is 418 g/mol. The third-order valence-corrected chi connectivity index (χ3v) is 5.40. The molecule has 2 aromatic carbocycles. The smallest absolute Gasteiger partial charge is 0.253 e. The van der Waals surface area contributed by atoms with E-state index in [1.54, 1.807) is 6.26 Å². The van der Waals surface area contributed by atoms with Crippen molar-refractivity contribution in [3.8, 4) is 0 Å². The number of thiocarbonyl (C=S) groups is 1. The maximum atomic E-state index is 12.8. The van der Waals surface area contributed by atoms with E-state index in [1.165, 1.54) is 5.56 Å². The number of H-pyrrole nitrogens is 1. The van der Waals surface area contributed by atoms with E-state index in [-0.39, 0.29) is 5.56 Å². The molecule has 0 amide bonds. The minimum absolute atomic E-state index is 0.112. The number of para-hydroxylation sites is 1. The Kier molecular flexibility index (Phi) is 5.68. The van der Waals surface area contributed by atoms with E-state index in [2.05, 4.69) is 10.3 Å². The van der Waals surface area contributed by atoms with Gasteiger partial charge in [0.1, 0.15) is 5.76 Å². The number of aromatic amines is 1. The van der Waals surface area contributed by atoms with Crippen LogP contribution in [0.25, 0.3) is 10.9 Å². The molecule has 4 rings (SSSR count). The van der Waals surface area contributed by atoms with Crippen molar-refractivity contribution in [1.82, 2.24) is 9.88 Å². The maximum Gasteiger partial charge on any atom is 0.253 e. The molecule has 5 nitrogen and oxygen atoms in total. The lowest BCUT2D eigenvalue weighted by molar-refractivity contribution is 0.359. The van der Waals surface area contributed by atoms with Crippen LogP contribution < -0.4 is 10.9 Å². The Hall–Kier alpha value is -3.38. The van der Waals surface area contributed by atoms with E-state index in [4.69, 9.17) is 16.6 Å². The summed E-state index contributed by atoms with van der Waals surface area (Å²) in [7, 11) is 0. The second-order valence-corrected chi connectivity index (χ2v) is 7.78. The van der Waals surface area contributed by atoms with Gasteiger partial charge in [-0.2, -0.15) is 0 Å². The Morgan fingerprint density at radius 2 is 1.87 bits per heavy atom. The summed E-state index contributed by atoms with van der Waals surface area (Å²) in [5, 5.41) is 4.80. The molecule has 4 aromatic rings. The van der Waals surface area contributed by atoms with Crippen LogP contribution >= 0.6 is 12.2 Å². The molecule has 0 atom stereocenters. The molecule has 0 aliphatic carbocycles. The summed E-state index contributed by atoms with van der Waals surface area (Å²) in [6.07, 6.45) is 1.63. The highest BCUT2D eigenvalue weighted by Crippen LogP contribution is 2.18. The van der Waals surface area contributed by atoms with Gasteiger partial charge in [0, 0.05) is 11.3 Å². The normalized spacial score (nSPS) is 10.9. The van der Waals surface area contributed by atoms with Gasteiger partial charge in [-0.3, -0.25) is 4.79 Å². The maximum absolute atomic E-state index is 12.8. The first-order valence-corrected chi connectivity index (χ1v) is 10.2. The first-order chi connectivity index (χ1) is 14.5. The summed E-state index contributed by atoms with van der Waals surface area (Å²) in [5.41, 5.74) is 4.52. The molecule has 0 aliphatic heterocycles. The molecule has 152 valence electrons. The molecule has 0 aliphatic rings. The Balaban J connectivity index is 1.63. The highest BCUT2D eigenvalue weighted by Gasteiger charge is 2.16. The number of fused-ring (bicyclic) bond motifs is 1. The number of rotatable bonds is 5. The lowest BCUT2D eigenvalue weighted by Crippen LogP contribution is -2.35. The highest BCUT2D eigenvalue weighted by atomic mass is 32.1. The minimum atomic E-state index is -0.112. The number of hydrogen-bond acceptors (Lipinski definition) is 3. The zero-order chi connectivity index (χ0) is 21.1. The van der Waals surface area contributed by atoms with E-state index in [0.717, 1.165) is 27.9 Å². The monoisotopic (exact) mass is 417 g/mol. The Morgan fingerprint density at radius 3 is 2.60 bits per heavy atom. The third-order valence-electron chi connectivity index (χ3n) is 5.04. The molecule has 0 unspecified atom stereocenters. The van der Waals surface area contributed by atoms with Gasteiger partial charge < -0.3 is 19.6 Å². The van der Waals surface area contributed by atoms with E-state index in [9.17, 15) is 4.79 Å². The molecule has 2 aromatic heterocycles. The Bertz CT molecular complexity index is 1230. The largest absolute Gasteiger partial charge is 0.467 e. The third kappa shape index (κ3) is 4.44. The van der Waals surface area contributed by atoms with Gasteiger partial charge >= 0.3 is 0 Å². The van der Waals surface area contributed by atoms with Crippen molar-refractivity contribution in [2.45, 2.75) is 26.9 Å². The molecule has 0 bridgehead atoms. The number of anilines is 1. The average Bonchev–Trinajstić information content (AvgIpc) is 3.24. The van der Waals surface area contributed by atoms with Crippen molar-refractivity contribution < 1.29 is 4.42 Å². The molecule has 0 saturated carbocycles. The fourth-order valence-electron chi connectivity index (χ4n) is 3.38. The predicted octanol–water partition coefficient (Wildman–Crippen LogP) is 5.14. The quantitative estimate of drug-likeness (QED) is 0.441. The summed E-state index contributed by atoms with van der Waals surface area (Å²) in [5.74, 6) is 0.774. The second kappa shape index (κ2) is 8.55. The van der Waals surface area contributed by atoms with Crippen LogP contribution in [0.3, 0.4) is 0 Å². The van der Waals surface area contributed by atoms with Crippen LogP contribution in [-0.4, -0.2) is 15.0 Å². The van der Waals surface area contributed by atoms with E-state index < -0.39 is 0 Å². The van der Waals surface area contributed by atoms with Crippen molar-refractivity contribution in [2.24, 2.45) is 0 Å². The molecule has 2 heterocycles. The number of nitrogens with zero attached hydrogens (tertiary/aromatic N) is 1. The Labute approximate surface area is 180 Å². The van der Waals surface area contributed by atoms with Crippen molar-refractivity contribution in [3.63, 3.8) is 0 Å². The fraction of sp³-hybridized carbons (Fsp3) is 0.167. The van der Waals surface area contributed by atoms with Gasteiger partial charge in [0.25, 0.3) is 5.56 Å². The van der Waals surface area contributed by atoms with Crippen LogP contribution in [0.2, 0.25) is 0 Å². The molecular formula is C24H23N3O2S. The van der Waals surface area contributed by atoms with Crippen LogP contribution in [0.4, 0.5) is 5.69 Å². The molecular weight excluding hydrogens is 394 g/mol. The Morgan fingerprint density at radius 1 is 1.07 bits per heavy atom. The number of hydrogen-bond donors (Lipinski definition) is 2. The van der Waals surface area contributed by atoms with Gasteiger partial charge in [-0.05, 0) is 67.3 Å². The number of benzene rings is 2. The van der Waals surface area contributed by atoms with E-state index >= 15 is 0 Å². The second-order valence-electron chi connectivity index (χ2n) is 7.39. The lowest BCUT2D eigenvalue weighted by atomic mass is 10.1. The highest BCUT2D eigenvalue weighted by molar-refractivity contribution is 7.80. The van der Waals surface area contributed by atoms with Crippen molar-refractivity contribution in [3.05, 3.63) is 99.7 Å². The first kappa shape index (κ1) is 19.9. The molecule has 30 heavy (non-hydrogen) atoms. The molecule has 2 N–H and O–H groups in total. The summed E-state index contributed by atoms with van der Waals surface area (Å²) < 4.78 is 5.52. The standard InChI is InChI=1S/C24H23N3O2S/c1-16-8-10-20(11-9-16)25-24(30)27(15-21-7-4-12-29-21)14-19-13-18-6-3-5-17(2)22(18)26-23(19)28/h3-13H,14-15H2,1-2H3,(H,25,30)(H,26,28). The molecule has 0 fully saturated rings. The summed E-state index contributed by atoms with van der Waals surface area (Å²) in [6.45, 7) is 4.84. The van der Waals surface area contributed by atoms with Crippen LogP contribution in [0, 0.1) is 13.8 Å². The zero-order valence-electron chi connectivity index (χ0n) is 16.9. The van der Waals surface area contributed by atoms with Crippen molar-refractivity contribution in [2.75, 3.05) is 5.32 Å². The number of aryl methyl sites for hydroxylation is 2. The molecule has 0 spiro atoms. The van der Waals surface area contributed by atoms with Gasteiger partial charge in [0.2, 0.25) is 0 Å². The SMILES string of the molecule is Cc1ccc(NC(=S)N(Cc2ccco2)Cc2cc3cccc(C)c3[nH]c2=O)cc1. The van der Waals surface area contributed by atoms with Crippen LogP contribution in [-0.2, 0) is 13.1 Å².